The quantitative estimate of drug-likeness (QED) is 0.837. The third-order valence-electron chi connectivity index (χ3n) is 4.12. The number of hydrogen-bond acceptors (Lipinski definition) is 5. The van der Waals surface area contributed by atoms with Crippen molar-refractivity contribution in [3.05, 3.63) is 34.3 Å². The van der Waals surface area contributed by atoms with Crippen LogP contribution in [-0.4, -0.2) is 22.2 Å². The first kappa shape index (κ1) is 17.2. The van der Waals surface area contributed by atoms with Crippen LogP contribution in [0.3, 0.4) is 0 Å². The molecule has 2 aromatic rings. The van der Waals surface area contributed by atoms with Gasteiger partial charge < -0.3 is 4.74 Å². The van der Waals surface area contributed by atoms with Crippen molar-refractivity contribution in [2.75, 3.05) is 5.32 Å². The zero-order valence-electron chi connectivity index (χ0n) is 13.5. The van der Waals surface area contributed by atoms with E-state index in [0.717, 1.165) is 5.01 Å². The molecule has 0 bridgehead atoms. The first-order valence-electron chi connectivity index (χ1n) is 8.18. The number of benzene rings is 1. The van der Waals surface area contributed by atoms with Gasteiger partial charge in [0.05, 0.1) is 0 Å². The Morgan fingerprint density at radius 3 is 2.67 bits per heavy atom. The van der Waals surface area contributed by atoms with Crippen LogP contribution < -0.4 is 10.1 Å². The molecule has 1 atom stereocenters. The molecule has 3 rings (SSSR count). The zero-order valence-corrected chi connectivity index (χ0v) is 15.1. The van der Waals surface area contributed by atoms with Crippen LogP contribution in [0.15, 0.2) is 24.3 Å². The van der Waals surface area contributed by atoms with Crippen molar-refractivity contribution in [1.29, 1.82) is 0 Å². The first-order valence-corrected chi connectivity index (χ1v) is 9.38. The van der Waals surface area contributed by atoms with Crippen LogP contribution in [0.1, 0.15) is 50.0 Å². The van der Waals surface area contributed by atoms with Gasteiger partial charge in [0, 0.05) is 10.9 Å². The molecule has 1 aliphatic carbocycles. The number of hydrogen-bond donors (Lipinski definition) is 1. The van der Waals surface area contributed by atoms with E-state index in [2.05, 4.69) is 15.5 Å². The minimum atomic E-state index is -0.631. The number of ether oxygens (including phenoxy) is 1. The molecule has 0 radical (unpaired) electrons. The van der Waals surface area contributed by atoms with E-state index in [4.69, 9.17) is 16.3 Å². The molecule has 1 amide bonds. The summed E-state index contributed by atoms with van der Waals surface area (Å²) >= 11 is 7.30. The lowest BCUT2D eigenvalue weighted by Gasteiger charge is -2.18. The molecule has 1 N–H and O–H groups in total. The topological polar surface area (TPSA) is 64.1 Å². The summed E-state index contributed by atoms with van der Waals surface area (Å²) in [4.78, 5) is 12.2. The smallest absolute Gasteiger partial charge is 0.266 e. The van der Waals surface area contributed by atoms with Gasteiger partial charge in [-0.25, -0.2) is 0 Å². The van der Waals surface area contributed by atoms with Crippen molar-refractivity contribution in [3.8, 4) is 5.75 Å². The molecule has 1 aromatic heterocycles. The largest absolute Gasteiger partial charge is 0.481 e. The van der Waals surface area contributed by atoms with Gasteiger partial charge in [-0.2, -0.15) is 0 Å². The number of amides is 1. The van der Waals surface area contributed by atoms with Crippen molar-refractivity contribution < 1.29 is 9.53 Å². The second-order valence-electron chi connectivity index (χ2n) is 5.98. The summed E-state index contributed by atoms with van der Waals surface area (Å²) in [6.07, 6.45) is 5.50. The predicted octanol–water partition coefficient (Wildman–Crippen LogP) is 4.65. The van der Waals surface area contributed by atoms with Crippen molar-refractivity contribution in [2.45, 2.75) is 51.0 Å². The average molecular weight is 366 g/mol. The molecular formula is C17H20ClN3O2S. The molecule has 5 nitrogen and oxygen atoms in total. The van der Waals surface area contributed by atoms with Gasteiger partial charge in [0.1, 0.15) is 10.8 Å². The molecule has 1 saturated carbocycles. The Balaban J connectivity index is 1.55. The number of nitrogens with zero attached hydrogens (tertiary/aromatic N) is 2. The van der Waals surface area contributed by atoms with Crippen LogP contribution in [0.5, 0.6) is 5.75 Å². The van der Waals surface area contributed by atoms with Crippen LogP contribution in [0.4, 0.5) is 5.13 Å². The summed E-state index contributed by atoms with van der Waals surface area (Å²) in [5, 5.41) is 13.3. The van der Waals surface area contributed by atoms with Crippen LogP contribution in [0, 0.1) is 0 Å². The van der Waals surface area contributed by atoms with Gasteiger partial charge in [-0.1, -0.05) is 42.2 Å². The Labute approximate surface area is 150 Å². The molecular weight excluding hydrogens is 346 g/mol. The number of aromatic nitrogens is 2. The van der Waals surface area contributed by atoms with Crippen LogP contribution in [0.25, 0.3) is 0 Å². The second kappa shape index (κ2) is 7.94. The number of carbonyl (C=O) groups is 1. The molecule has 1 heterocycles. The molecule has 1 unspecified atom stereocenters. The van der Waals surface area contributed by atoms with Crippen molar-refractivity contribution in [1.82, 2.24) is 10.2 Å². The first-order chi connectivity index (χ1) is 11.6. The molecule has 7 heteroatoms. The van der Waals surface area contributed by atoms with Crippen molar-refractivity contribution >= 4 is 34.0 Å². The van der Waals surface area contributed by atoms with Crippen LogP contribution in [0.2, 0.25) is 5.02 Å². The molecule has 24 heavy (non-hydrogen) atoms. The highest BCUT2D eigenvalue weighted by atomic mass is 35.5. The Morgan fingerprint density at radius 1 is 1.25 bits per heavy atom. The zero-order chi connectivity index (χ0) is 16.9. The third kappa shape index (κ3) is 4.45. The SMILES string of the molecule is CC(Oc1ccc(Cl)cc1)C(=O)Nc1nnc(C2CCCCC2)s1. The predicted molar refractivity (Wildman–Crippen MR) is 95.9 cm³/mol. The molecule has 128 valence electrons. The third-order valence-corrected chi connectivity index (χ3v) is 5.37. The Bertz CT molecular complexity index is 683. The summed E-state index contributed by atoms with van der Waals surface area (Å²) in [6.45, 7) is 1.70. The van der Waals surface area contributed by atoms with E-state index in [0.29, 0.717) is 21.8 Å². The number of anilines is 1. The van der Waals surface area contributed by atoms with Crippen LogP contribution in [-0.2, 0) is 4.79 Å². The number of carbonyl (C=O) groups excluding carboxylic acids is 1. The maximum Gasteiger partial charge on any atom is 0.266 e. The van der Waals surface area contributed by atoms with Gasteiger partial charge in [-0.05, 0) is 44.0 Å². The molecule has 1 aromatic carbocycles. The van der Waals surface area contributed by atoms with Gasteiger partial charge >= 0.3 is 0 Å². The fraction of sp³-hybridized carbons (Fsp3) is 0.471. The number of nitrogens with one attached hydrogen (secondary N) is 1. The summed E-state index contributed by atoms with van der Waals surface area (Å²) in [7, 11) is 0. The van der Waals surface area contributed by atoms with Gasteiger partial charge in [0.2, 0.25) is 5.13 Å². The van der Waals surface area contributed by atoms with E-state index in [-0.39, 0.29) is 5.91 Å². The lowest BCUT2D eigenvalue weighted by atomic mass is 9.90. The summed E-state index contributed by atoms with van der Waals surface area (Å²) in [6, 6.07) is 6.92. The minimum Gasteiger partial charge on any atom is -0.481 e. The molecule has 0 spiro atoms. The summed E-state index contributed by atoms with van der Waals surface area (Å²) in [5.41, 5.74) is 0. The van der Waals surface area contributed by atoms with Gasteiger partial charge in [0.25, 0.3) is 5.91 Å². The summed E-state index contributed by atoms with van der Waals surface area (Å²) < 4.78 is 5.61. The Hall–Kier alpha value is -1.66. The summed E-state index contributed by atoms with van der Waals surface area (Å²) in [5.74, 6) is 0.850. The molecule has 1 fully saturated rings. The lowest BCUT2D eigenvalue weighted by molar-refractivity contribution is -0.122. The molecule has 1 aliphatic rings. The number of halogens is 1. The lowest BCUT2D eigenvalue weighted by Crippen LogP contribution is -2.30. The Kier molecular flexibility index (Phi) is 5.68. The Morgan fingerprint density at radius 2 is 1.96 bits per heavy atom. The normalized spacial score (nSPS) is 16.6. The maximum atomic E-state index is 12.2. The maximum absolute atomic E-state index is 12.2. The van der Waals surface area contributed by atoms with E-state index < -0.39 is 6.10 Å². The van der Waals surface area contributed by atoms with E-state index in [1.165, 1.54) is 43.4 Å². The van der Waals surface area contributed by atoms with Gasteiger partial charge in [-0.3, -0.25) is 10.1 Å². The van der Waals surface area contributed by atoms with E-state index in [1.54, 1.807) is 31.2 Å². The molecule has 0 aliphatic heterocycles. The fourth-order valence-corrected chi connectivity index (χ4v) is 3.82. The van der Waals surface area contributed by atoms with Crippen LogP contribution >= 0.6 is 22.9 Å². The highest BCUT2D eigenvalue weighted by molar-refractivity contribution is 7.15. The monoisotopic (exact) mass is 365 g/mol. The van der Waals surface area contributed by atoms with Crippen molar-refractivity contribution in [3.63, 3.8) is 0 Å². The van der Waals surface area contributed by atoms with Gasteiger partial charge in [-0.15, -0.1) is 10.2 Å². The number of rotatable bonds is 5. The fourth-order valence-electron chi connectivity index (χ4n) is 2.78. The van der Waals surface area contributed by atoms with Crippen molar-refractivity contribution in [2.24, 2.45) is 0 Å². The van der Waals surface area contributed by atoms with E-state index >= 15 is 0 Å². The van der Waals surface area contributed by atoms with Gasteiger partial charge in [0.15, 0.2) is 6.10 Å². The minimum absolute atomic E-state index is 0.240. The standard InChI is InChI=1S/C17H20ClN3O2S/c1-11(23-14-9-7-13(18)8-10-14)15(22)19-17-21-20-16(24-17)12-5-3-2-4-6-12/h7-12H,2-6H2,1H3,(H,19,21,22). The highest BCUT2D eigenvalue weighted by Crippen LogP contribution is 2.35. The van der Waals surface area contributed by atoms with E-state index in [1.807, 2.05) is 0 Å². The second-order valence-corrected chi connectivity index (χ2v) is 7.43. The van der Waals surface area contributed by atoms with E-state index in [9.17, 15) is 4.79 Å². The molecule has 0 saturated heterocycles. The average Bonchev–Trinajstić information content (AvgIpc) is 3.06. The highest BCUT2D eigenvalue weighted by Gasteiger charge is 2.21.